The van der Waals surface area contributed by atoms with Crippen molar-refractivity contribution in [1.82, 2.24) is 10.3 Å². The molecule has 1 heterocycles. The van der Waals surface area contributed by atoms with Crippen LogP contribution in [-0.2, 0) is 0 Å². The van der Waals surface area contributed by atoms with Crippen molar-refractivity contribution in [3.63, 3.8) is 0 Å². The molecule has 0 saturated heterocycles. The average Bonchev–Trinajstić information content (AvgIpc) is 2.47. The molecule has 20 heavy (non-hydrogen) atoms. The van der Waals surface area contributed by atoms with E-state index >= 15 is 0 Å². The van der Waals surface area contributed by atoms with Crippen LogP contribution in [0.5, 0.6) is 0 Å². The Morgan fingerprint density at radius 2 is 1.85 bits per heavy atom. The Morgan fingerprint density at radius 3 is 2.40 bits per heavy atom. The first-order chi connectivity index (χ1) is 9.83. The van der Waals surface area contributed by atoms with Gasteiger partial charge in [0.2, 0.25) is 0 Å². The molecule has 0 aromatic carbocycles. The molecule has 2 nitrogen and oxygen atoms in total. The van der Waals surface area contributed by atoms with Crippen LogP contribution in [-0.4, -0.2) is 12.0 Å². The Balaban J connectivity index is 1.50. The van der Waals surface area contributed by atoms with E-state index in [9.17, 15) is 0 Å². The van der Waals surface area contributed by atoms with Crippen LogP contribution in [0.15, 0.2) is 24.5 Å². The fraction of sp³-hybridized carbons (Fsp3) is 0.722. The first-order valence-electron chi connectivity index (χ1n) is 8.40. The molecule has 2 heteroatoms. The quantitative estimate of drug-likeness (QED) is 0.900. The summed E-state index contributed by atoms with van der Waals surface area (Å²) in [5.74, 6) is 5.18. The number of nitrogens with one attached hydrogen (secondary N) is 1. The second-order valence-corrected chi connectivity index (χ2v) is 7.46. The second-order valence-electron chi connectivity index (χ2n) is 7.46. The van der Waals surface area contributed by atoms with E-state index in [4.69, 9.17) is 0 Å². The first-order valence-corrected chi connectivity index (χ1v) is 8.40. The largest absolute Gasteiger partial charge is 0.313 e. The molecule has 4 bridgehead atoms. The van der Waals surface area contributed by atoms with Gasteiger partial charge in [0.1, 0.15) is 0 Å². The van der Waals surface area contributed by atoms with Crippen LogP contribution in [0.25, 0.3) is 0 Å². The van der Waals surface area contributed by atoms with E-state index in [1.165, 1.54) is 37.7 Å². The molecular weight excluding hydrogens is 244 g/mol. The third-order valence-corrected chi connectivity index (χ3v) is 6.37. The van der Waals surface area contributed by atoms with E-state index in [-0.39, 0.29) is 0 Å². The Hall–Kier alpha value is -0.890. The van der Waals surface area contributed by atoms with Crippen LogP contribution >= 0.6 is 0 Å². The van der Waals surface area contributed by atoms with Gasteiger partial charge in [-0.2, -0.15) is 0 Å². The smallest absolute Gasteiger partial charge is 0.0335 e. The molecule has 1 atom stereocenters. The van der Waals surface area contributed by atoms with Gasteiger partial charge in [-0.15, -0.1) is 0 Å². The number of hydrogen-bond acceptors (Lipinski definition) is 2. The topological polar surface area (TPSA) is 24.9 Å². The van der Waals surface area contributed by atoms with Gasteiger partial charge in [0.05, 0.1) is 0 Å². The molecule has 0 spiro atoms. The third-order valence-electron chi connectivity index (χ3n) is 6.37. The highest BCUT2D eigenvalue weighted by Crippen LogP contribution is 2.58. The molecule has 4 aliphatic carbocycles. The van der Waals surface area contributed by atoms with Crippen LogP contribution in [0.2, 0.25) is 0 Å². The highest BCUT2D eigenvalue weighted by molar-refractivity contribution is 5.14. The molecule has 5 rings (SSSR count). The van der Waals surface area contributed by atoms with Crippen molar-refractivity contribution >= 4 is 0 Å². The second kappa shape index (κ2) is 5.14. The summed E-state index contributed by atoms with van der Waals surface area (Å²) in [6.07, 6.45) is 12.9. The van der Waals surface area contributed by atoms with E-state index in [2.05, 4.69) is 29.5 Å². The summed E-state index contributed by atoms with van der Waals surface area (Å²) in [7, 11) is 2.10. The SMILES string of the molecule is CNC(CC1C2CC3CC(C2)CC1C3)c1cccnc1. The van der Waals surface area contributed by atoms with Gasteiger partial charge in [-0.3, -0.25) is 4.98 Å². The third kappa shape index (κ3) is 2.18. The van der Waals surface area contributed by atoms with Crippen molar-refractivity contribution in [2.45, 2.75) is 44.6 Å². The lowest BCUT2D eigenvalue weighted by atomic mass is 9.51. The van der Waals surface area contributed by atoms with Crippen molar-refractivity contribution in [2.75, 3.05) is 7.05 Å². The van der Waals surface area contributed by atoms with Crippen molar-refractivity contribution in [1.29, 1.82) is 0 Å². The predicted molar refractivity (Wildman–Crippen MR) is 81.2 cm³/mol. The zero-order valence-corrected chi connectivity index (χ0v) is 12.5. The monoisotopic (exact) mass is 270 g/mol. The van der Waals surface area contributed by atoms with E-state index in [0.29, 0.717) is 6.04 Å². The van der Waals surface area contributed by atoms with Gasteiger partial charge in [0.15, 0.2) is 0 Å². The molecule has 1 unspecified atom stereocenters. The summed E-state index contributed by atoms with van der Waals surface area (Å²) in [4.78, 5) is 4.30. The summed E-state index contributed by atoms with van der Waals surface area (Å²) < 4.78 is 0. The van der Waals surface area contributed by atoms with E-state index < -0.39 is 0 Å². The van der Waals surface area contributed by atoms with E-state index in [1.54, 1.807) is 6.42 Å². The molecule has 4 saturated carbocycles. The minimum Gasteiger partial charge on any atom is -0.313 e. The predicted octanol–water partition coefficient (Wildman–Crippen LogP) is 3.80. The van der Waals surface area contributed by atoms with Gasteiger partial charge in [-0.1, -0.05) is 6.07 Å². The molecule has 1 N–H and O–H groups in total. The lowest BCUT2D eigenvalue weighted by Crippen LogP contribution is -2.46. The van der Waals surface area contributed by atoms with Crippen LogP contribution in [0.1, 0.15) is 50.1 Å². The number of hydrogen-bond donors (Lipinski definition) is 1. The average molecular weight is 270 g/mol. The molecule has 0 aliphatic heterocycles. The van der Waals surface area contributed by atoms with Crippen LogP contribution in [0, 0.1) is 29.6 Å². The summed E-state index contributed by atoms with van der Waals surface area (Å²) in [5, 5.41) is 3.54. The van der Waals surface area contributed by atoms with Crippen molar-refractivity contribution in [3.05, 3.63) is 30.1 Å². The lowest BCUT2D eigenvalue weighted by Gasteiger charge is -2.55. The zero-order valence-electron chi connectivity index (χ0n) is 12.5. The number of pyridine rings is 1. The molecular formula is C18H26N2. The van der Waals surface area contributed by atoms with Gasteiger partial charge in [-0.05, 0) is 86.8 Å². The van der Waals surface area contributed by atoms with Crippen molar-refractivity contribution < 1.29 is 0 Å². The van der Waals surface area contributed by atoms with Crippen LogP contribution in [0.3, 0.4) is 0 Å². The van der Waals surface area contributed by atoms with Crippen molar-refractivity contribution in [2.24, 2.45) is 29.6 Å². The van der Waals surface area contributed by atoms with Gasteiger partial charge in [-0.25, -0.2) is 0 Å². The first kappa shape index (κ1) is 12.8. The molecule has 0 amide bonds. The minimum absolute atomic E-state index is 0.492. The maximum absolute atomic E-state index is 4.30. The number of nitrogens with zero attached hydrogens (tertiary/aromatic N) is 1. The molecule has 0 radical (unpaired) electrons. The summed E-state index contributed by atoms with van der Waals surface area (Å²) in [6, 6.07) is 4.78. The molecule has 4 aliphatic rings. The standard InChI is InChI=1S/C18H26N2/c1-19-18(14-3-2-4-20-11-14)10-17-15-6-12-5-13(8-15)9-16(17)7-12/h2-4,11-13,15-19H,5-10H2,1H3. The van der Waals surface area contributed by atoms with E-state index in [1.807, 2.05) is 12.4 Å². The summed E-state index contributed by atoms with van der Waals surface area (Å²) in [6.45, 7) is 0. The van der Waals surface area contributed by atoms with E-state index in [0.717, 1.165) is 29.6 Å². The Morgan fingerprint density at radius 1 is 1.15 bits per heavy atom. The molecule has 1 aromatic rings. The Kier molecular flexibility index (Phi) is 3.30. The number of aromatic nitrogens is 1. The van der Waals surface area contributed by atoms with Gasteiger partial charge < -0.3 is 5.32 Å². The normalized spacial score (nSPS) is 40.0. The molecule has 1 aromatic heterocycles. The highest BCUT2D eigenvalue weighted by atomic mass is 14.9. The molecule has 108 valence electrons. The lowest BCUT2D eigenvalue weighted by molar-refractivity contribution is -0.0431. The maximum Gasteiger partial charge on any atom is 0.0335 e. The summed E-state index contributed by atoms with van der Waals surface area (Å²) in [5.41, 5.74) is 1.36. The fourth-order valence-corrected chi connectivity index (χ4v) is 5.70. The zero-order chi connectivity index (χ0) is 13.5. The van der Waals surface area contributed by atoms with Gasteiger partial charge >= 0.3 is 0 Å². The maximum atomic E-state index is 4.30. The highest BCUT2D eigenvalue weighted by Gasteiger charge is 2.48. The fourth-order valence-electron chi connectivity index (χ4n) is 5.70. The minimum atomic E-state index is 0.492. The van der Waals surface area contributed by atoms with Crippen LogP contribution in [0.4, 0.5) is 0 Å². The van der Waals surface area contributed by atoms with Gasteiger partial charge in [0, 0.05) is 18.4 Å². The summed E-state index contributed by atoms with van der Waals surface area (Å²) >= 11 is 0. The van der Waals surface area contributed by atoms with Gasteiger partial charge in [0.25, 0.3) is 0 Å². The number of rotatable bonds is 4. The Bertz CT molecular complexity index is 428. The molecule has 4 fully saturated rings. The van der Waals surface area contributed by atoms with Crippen LogP contribution < -0.4 is 5.32 Å². The Labute approximate surface area is 122 Å². The van der Waals surface area contributed by atoms with Crippen molar-refractivity contribution in [3.8, 4) is 0 Å².